The molecule has 1 fully saturated rings. The van der Waals surface area contributed by atoms with Gasteiger partial charge in [0.2, 0.25) is 5.95 Å². The third kappa shape index (κ3) is 3.37. The zero-order valence-electron chi connectivity index (χ0n) is 12.8. The number of sulfonamides is 1. The summed E-state index contributed by atoms with van der Waals surface area (Å²) in [6, 6.07) is 6.73. The van der Waals surface area contributed by atoms with Gasteiger partial charge in [0.15, 0.2) is 0 Å². The Morgan fingerprint density at radius 1 is 1.25 bits per heavy atom. The third-order valence-corrected chi connectivity index (χ3v) is 7.22. The molecule has 10 heteroatoms. The summed E-state index contributed by atoms with van der Waals surface area (Å²) < 4.78 is 27.3. The molecule has 0 N–H and O–H groups in total. The average Bonchev–Trinajstić information content (AvgIpc) is 3.01. The predicted octanol–water partition coefficient (Wildman–Crippen LogP) is 1.88. The van der Waals surface area contributed by atoms with Gasteiger partial charge in [-0.15, -0.1) is 11.3 Å². The Morgan fingerprint density at radius 2 is 1.96 bits per heavy atom. The minimum atomic E-state index is -3.52. The molecular formula is C14H14ClN5O2S2. The Kier molecular flexibility index (Phi) is 4.73. The van der Waals surface area contributed by atoms with E-state index in [1.807, 2.05) is 11.0 Å². The molecule has 1 saturated heterocycles. The van der Waals surface area contributed by atoms with E-state index in [1.54, 1.807) is 19.1 Å². The fourth-order valence-corrected chi connectivity index (χ4v) is 5.50. The van der Waals surface area contributed by atoms with E-state index in [0.717, 1.165) is 11.3 Å². The van der Waals surface area contributed by atoms with Gasteiger partial charge in [0.05, 0.1) is 4.34 Å². The molecule has 3 rings (SSSR count). The predicted molar refractivity (Wildman–Crippen MR) is 91.8 cm³/mol. The maximum Gasteiger partial charge on any atom is 0.252 e. The zero-order valence-corrected chi connectivity index (χ0v) is 15.2. The molecule has 0 radical (unpaired) electrons. The van der Waals surface area contributed by atoms with Gasteiger partial charge in [0.25, 0.3) is 10.0 Å². The van der Waals surface area contributed by atoms with Crippen LogP contribution in [0.4, 0.5) is 5.95 Å². The molecule has 0 aliphatic carbocycles. The van der Waals surface area contributed by atoms with E-state index in [1.165, 1.54) is 10.4 Å². The van der Waals surface area contributed by atoms with Gasteiger partial charge in [-0.25, -0.2) is 18.4 Å². The summed E-state index contributed by atoms with van der Waals surface area (Å²) in [4.78, 5) is 10.4. The lowest BCUT2D eigenvalue weighted by Gasteiger charge is -2.33. The molecule has 1 aliphatic rings. The number of nitrogens with zero attached hydrogens (tertiary/aromatic N) is 5. The Hall–Kier alpha value is -1.73. The van der Waals surface area contributed by atoms with Crippen LogP contribution in [0.25, 0.3) is 0 Å². The second-order valence-corrected chi connectivity index (χ2v) is 9.14. The highest BCUT2D eigenvalue weighted by Gasteiger charge is 2.30. The van der Waals surface area contributed by atoms with Crippen LogP contribution in [0.1, 0.15) is 11.4 Å². The van der Waals surface area contributed by atoms with Gasteiger partial charge in [0.1, 0.15) is 16.0 Å². The van der Waals surface area contributed by atoms with E-state index in [4.69, 9.17) is 16.9 Å². The van der Waals surface area contributed by atoms with E-state index in [9.17, 15) is 8.42 Å². The minimum absolute atomic E-state index is 0.250. The molecule has 2 aromatic heterocycles. The number of aromatic nitrogens is 2. The first-order valence-electron chi connectivity index (χ1n) is 7.16. The van der Waals surface area contributed by atoms with Gasteiger partial charge >= 0.3 is 0 Å². The fraction of sp³-hybridized carbons (Fsp3) is 0.357. The molecule has 0 atom stereocenters. The molecule has 1 aliphatic heterocycles. The minimum Gasteiger partial charge on any atom is -0.338 e. The van der Waals surface area contributed by atoms with Crippen molar-refractivity contribution >= 4 is 38.9 Å². The highest BCUT2D eigenvalue weighted by atomic mass is 35.5. The van der Waals surface area contributed by atoms with Gasteiger partial charge in [0, 0.05) is 31.9 Å². The maximum absolute atomic E-state index is 12.6. The van der Waals surface area contributed by atoms with Crippen LogP contribution in [0.5, 0.6) is 0 Å². The number of aryl methyl sites for hydroxylation is 1. The number of hydrogen-bond acceptors (Lipinski definition) is 7. The van der Waals surface area contributed by atoms with Crippen LogP contribution in [0, 0.1) is 18.3 Å². The van der Waals surface area contributed by atoms with E-state index in [-0.39, 0.29) is 4.21 Å². The van der Waals surface area contributed by atoms with Crippen molar-refractivity contribution in [3.8, 4) is 6.07 Å². The highest BCUT2D eigenvalue weighted by Crippen LogP contribution is 2.28. The van der Waals surface area contributed by atoms with Gasteiger partial charge in [-0.3, -0.25) is 0 Å². The molecule has 0 aromatic carbocycles. The van der Waals surface area contributed by atoms with Crippen molar-refractivity contribution < 1.29 is 8.42 Å². The van der Waals surface area contributed by atoms with Crippen molar-refractivity contribution in [2.24, 2.45) is 0 Å². The van der Waals surface area contributed by atoms with Crippen LogP contribution in [-0.2, 0) is 10.0 Å². The molecule has 2 aromatic rings. The average molecular weight is 384 g/mol. The van der Waals surface area contributed by atoms with Crippen LogP contribution < -0.4 is 4.90 Å². The van der Waals surface area contributed by atoms with Crippen molar-refractivity contribution in [1.82, 2.24) is 14.3 Å². The fourth-order valence-electron chi connectivity index (χ4n) is 2.44. The number of thiophene rings is 1. The molecular weight excluding hydrogens is 370 g/mol. The number of nitriles is 1. The number of anilines is 1. The summed E-state index contributed by atoms with van der Waals surface area (Å²) in [6.45, 7) is 3.39. The largest absolute Gasteiger partial charge is 0.338 e. The number of halogens is 1. The van der Waals surface area contributed by atoms with Crippen LogP contribution in [0.2, 0.25) is 4.34 Å². The maximum atomic E-state index is 12.6. The number of rotatable bonds is 3. The van der Waals surface area contributed by atoms with Crippen LogP contribution in [0.3, 0.4) is 0 Å². The van der Waals surface area contributed by atoms with Crippen molar-refractivity contribution in [2.45, 2.75) is 11.1 Å². The molecule has 0 spiro atoms. The molecule has 7 nitrogen and oxygen atoms in total. The first-order chi connectivity index (χ1) is 11.4. The highest BCUT2D eigenvalue weighted by molar-refractivity contribution is 7.91. The Morgan fingerprint density at radius 3 is 2.54 bits per heavy atom. The van der Waals surface area contributed by atoms with Gasteiger partial charge in [-0.2, -0.15) is 9.57 Å². The monoisotopic (exact) mass is 383 g/mol. The molecule has 3 heterocycles. The van der Waals surface area contributed by atoms with Crippen molar-refractivity contribution in [3.05, 3.63) is 33.9 Å². The van der Waals surface area contributed by atoms with Crippen molar-refractivity contribution in [3.63, 3.8) is 0 Å². The Balaban J connectivity index is 1.74. The summed E-state index contributed by atoms with van der Waals surface area (Å²) in [5, 5.41) is 9.01. The molecule has 0 saturated carbocycles. The molecule has 0 unspecified atom stereocenters. The summed E-state index contributed by atoms with van der Waals surface area (Å²) >= 11 is 6.89. The summed E-state index contributed by atoms with van der Waals surface area (Å²) in [7, 11) is -3.52. The van der Waals surface area contributed by atoms with Crippen molar-refractivity contribution in [2.75, 3.05) is 31.1 Å². The lowest BCUT2D eigenvalue weighted by Crippen LogP contribution is -2.49. The Labute approximate surface area is 149 Å². The Bertz CT molecular complexity index is 898. The molecule has 0 amide bonds. The van der Waals surface area contributed by atoms with Crippen LogP contribution in [0.15, 0.2) is 22.4 Å². The third-order valence-electron chi connectivity index (χ3n) is 3.62. The molecule has 0 bridgehead atoms. The summed E-state index contributed by atoms with van der Waals surface area (Å²) in [5.41, 5.74) is 1.01. The molecule has 24 heavy (non-hydrogen) atoms. The normalized spacial score (nSPS) is 16.1. The topological polar surface area (TPSA) is 90.2 Å². The summed E-state index contributed by atoms with van der Waals surface area (Å²) in [5.74, 6) is 0.461. The lowest BCUT2D eigenvalue weighted by molar-refractivity contribution is 0.383. The van der Waals surface area contributed by atoms with Gasteiger partial charge in [-0.1, -0.05) is 11.6 Å². The zero-order chi connectivity index (χ0) is 17.3. The first-order valence-corrected chi connectivity index (χ1v) is 9.80. The summed E-state index contributed by atoms with van der Waals surface area (Å²) in [6.07, 6.45) is 0. The van der Waals surface area contributed by atoms with E-state index in [0.29, 0.717) is 47.9 Å². The van der Waals surface area contributed by atoms with Crippen LogP contribution in [-0.4, -0.2) is 48.9 Å². The van der Waals surface area contributed by atoms with E-state index < -0.39 is 10.0 Å². The van der Waals surface area contributed by atoms with E-state index in [2.05, 4.69) is 9.97 Å². The lowest BCUT2D eigenvalue weighted by atomic mass is 10.3. The second kappa shape index (κ2) is 6.64. The second-order valence-electron chi connectivity index (χ2n) is 5.26. The quantitative estimate of drug-likeness (QED) is 0.803. The first kappa shape index (κ1) is 17.1. The van der Waals surface area contributed by atoms with Crippen molar-refractivity contribution in [1.29, 1.82) is 5.26 Å². The van der Waals surface area contributed by atoms with Gasteiger partial charge in [-0.05, 0) is 25.1 Å². The SMILES string of the molecule is Cc1cc(C#N)nc(N2CCN(S(=O)(=O)c3ccc(Cl)s3)CC2)n1. The smallest absolute Gasteiger partial charge is 0.252 e. The number of piperazine rings is 1. The molecule has 126 valence electrons. The van der Waals surface area contributed by atoms with Gasteiger partial charge < -0.3 is 4.90 Å². The van der Waals surface area contributed by atoms with E-state index >= 15 is 0 Å². The standard InChI is InChI=1S/C14H14ClN5O2S2/c1-10-8-11(9-16)18-14(17-10)19-4-6-20(7-5-19)24(21,22)13-3-2-12(15)23-13/h2-3,8H,4-7H2,1H3. The number of hydrogen-bond donors (Lipinski definition) is 0. The van der Waals surface area contributed by atoms with Crippen LogP contribution >= 0.6 is 22.9 Å².